The van der Waals surface area contributed by atoms with E-state index in [-0.39, 0.29) is 0 Å². The Morgan fingerprint density at radius 1 is 1.08 bits per heavy atom. The SMILES string of the molecule is NC=CC=CCc1ccccc1. The Balaban J connectivity index is 2.43. The van der Waals surface area contributed by atoms with Crippen LogP contribution in [0.1, 0.15) is 5.56 Å². The molecule has 1 nitrogen and oxygen atoms in total. The van der Waals surface area contributed by atoms with Crippen molar-refractivity contribution in [3.63, 3.8) is 0 Å². The molecule has 0 aromatic heterocycles. The largest absolute Gasteiger partial charge is 0.405 e. The monoisotopic (exact) mass is 159 g/mol. The zero-order chi connectivity index (χ0) is 8.65. The fourth-order valence-electron chi connectivity index (χ4n) is 0.961. The van der Waals surface area contributed by atoms with Crippen LogP contribution in [0.25, 0.3) is 0 Å². The van der Waals surface area contributed by atoms with E-state index in [1.165, 1.54) is 11.8 Å². The summed E-state index contributed by atoms with van der Waals surface area (Å²) in [6, 6.07) is 10.3. The Hall–Kier alpha value is -1.50. The molecule has 2 N–H and O–H groups in total. The van der Waals surface area contributed by atoms with Gasteiger partial charge in [0.1, 0.15) is 0 Å². The highest BCUT2D eigenvalue weighted by molar-refractivity contribution is 5.18. The van der Waals surface area contributed by atoms with Gasteiger partial charge in [-0.1, -0.05) is 42.5 Å². The lowest BCUT2D eigenvalue weighted by molar-refractivity contribution is 1.27. The van der Waals surface area contributed by atoms with Crippen LogP contribution in [0.2, 0.25) is 0 Å². The molecule has 0 bridgehead atoms. The van der Waals surface area contributed by atoms with Crippen LogP contribution < -0.4 is 5.73 Å². The maximum atomic E-state index is 5.18. The molecule has 0 spiro atoms. The molecule has 0 unspecified atom stereocenters. The van der Waals surface area contributed by atoms with Crippen LogP contribution >= 0.6 is 0 Å². The first-order valence-electron chi connectivity index (χ1n) is 4.01. The molecule has 0 aliphatic rings. The van der Waals surface area contributed by atoms with Gasteiger partial charge < -0.3 is 5.73 Å². The van der Waals surface area contributed by atoms with Crippen molar-refractivity contribution in [1.29, 1.82) is 0 Å². The Labute approximate surface area is 73.2 Å². The lowest BCUT2D eigenvalue weighted by Gasteiger charge is -1.92. The van der Waals surface area contributed by atoms with Gasteiger partial charge in [0.15, 0.2) is 0 Å². The highest BCUT2D eigenvalue weighted by Gasteiger charge is 1.83. The van der Waals surface area contributed by atoms with Crippen molar-refractivity contribution < 1.29 is 0 Å². The molecular formula is C11H13N. The molecule has 0 radical (unpaired) electrons. The van der Waals surface area contributed by atoms with Gasteiger partial charge in [-0.05, 0) is 24.3 Å². The molecule has 0 aliphatic carbocycles. The van der Waals surface area contributed by atoms with Crippen LogP contribution in [0.4, 0.5) is 0 Å². The summed E-state index contributed by atoms with van der Waals surface area (Å²) in [5.74, 6) is 0. The van der Waals surface area contributed by atoms with Crippen molar-refractivity contribution >= 4 is 0 Å². The summed E-state index contributed by atoms with van der Waals surface area (Å²) >= 11 is 0. The van der Waals surface area contributed by atoms with Crippen LogP contribution in [0, 0.1) is 0 Å². The van der Waals surface area contributed by atoms with Gasteiger partial charge in [-0.25, -0.2) is 0 Å². The molecule has 0 atom stereocenters. The van der Waals surface area contributed by atoms with E-state index in [0.29, 0.717) is 0 Å². The van der Waals surface area contributed by atoms with Crippen LogP contribution in [-0.4, -0.2) is 0 Å². The van der Waals surface area contributed by atoms with Crippen LogP contribution in [0.15, 0.2) is 54.8 Å². The van der Waals surface area contributed by atoms with Gasteiger partial charge in [-0.2, -0.15) is 0 Å². The van der Waals surface area contributed by atoms with Crippen molar-refractivity contribution in [3.05, 3.63) is 60.3 Å². The predicted molar refractivity (Wildman–Crippen MR) is 52.6 cm³/mol. The predicted octanol–water partition coefficient (Wildman–Crippen LogP) is 2.26. The van der Waals surface area contributed by atoms with E-state index < -0.39 is 0 Å². The molecule has 0 heterocycles. The number of nitrogens with two attached hydrogens (primary N) is 1. The van der Waals surface area contributed by atoms with Crippen molar-refractivity contribution in [1.82, 2.24) is 0 Å². The third-order valence-electron chi connectivity index (χ3n) is 1.55. The zero-order valence-electron chi connectivity index (χ0n) is 6.98. The minimum absolute atomic E-state index is 0.963. The van der Waals surface area contributed by atoms with Crippen molar-refractivity contribution in [2.24, 2.45) is 5.73 Å². The second kappa shape index (κ2) is 5.19. The molecule has 62 valence electrons. The summed E-state index contributed by atoms with van der Waals surface area (Å²) in [5, 5.41) is 0. The number of hydrogen-bond donors (Lipinski definition) is 1. The lowest BCUT2D eigenvalue weighted by Crippen LogP contribution is -1.78. The quantitative estimate of drug-likeness (QED) is 0.672. The zero-order valence-corrected chi connectivity index (χ0v) is 6.98. The van der Waals surface area contributed by atoms with E-state index in [0.717, 1.165) is 6.42 Å². The van der Waals surface area contributed by atoms with Crippen LogP contribution in [0.3, 0.4) is 0 Å². The van der Waals surface area contributed by atoms with Crippen molar-refractivity contribution in [3.8, 4) is 0 Å². The van der Waals surface area contributed by atoms with E-state index in [1.807, 2.05) is 30.4 Å². The van der Waals surface area contributed by atoms with E-state index in [9.17, 15) is 0 Å². The molecule has 1 rings (SSSR count). The molecular weight excluding hydrogens is 146 g/mol. The van der Waals surface area contributed by atoms with E-state index >= 15 is 0 Å². The van der Waals surface area contributed by atoms with Gasteiger partial charge in [0.05, 0.1) is 0 Å². The molecule has 0 saturated heterocycles. The smallest absolute Gasteiger partial charge is 0.00625 e. The molecule has 1 heteroatoms. The summed E-state index contributed by atoms with van der Waals surface area (Å²) in [4.78, 5) is 0. The fourth-order valence-corrected chi connectivity index (χ4v) is 0.961. The molecule has 1 aromatic carbocycles. The minimum Gasteiger partial charge on any atom is -0.405 e. The van der Waals surface area contributed by atoms with Crippen molar-refractivity contribution in [2.75, 3.05) is 0 Å². The summed E-state index contributed by atoms with van der Waals surface area (Å²) in [7, 11) is 0. The minimum atomic E-state index is 0.963. The van der Waals surface area contributed by atoms with Gasteiger partial charge in [-0.3, -0.25) is 0 Å². The van der Waals surface area contributed by atoms with Gasteiger partial charge in [0, 0.05) is 0 Å². The first kappa shape index (κ1) is 8.60. The maximum absolute atomic E-state index is 5.18. The molecule has 0 amide bonds. The van der Waals surface area contributed by atoms with E-state index in [4.69, 9.17) is 5.73 Å². The number of hydrogen-bond acceptors (Lipinski definition) is 1. The second-order valence-electron chi connectivity index (χ2n) is 2.50. The highest BCUT2D eigenvalue weighted by atomic mass is 14.5. The molecule has 1 aromatic rings. The third kappa shape index (κ3) is 3.06. The van der Waals surface area contributed by atoms with Crippen LogP contribution in [-0.2, 0) is 6.42 Å². The summed E-state index contributed by atoms with van der Waals surface area (Å²) in [6.45, 7) is 0. The average Bonchev–Trinajstić information content (AvgIpc) is 2.14. The standard InChI is InChI=1S/C11H13N/c12-10-6-2-5-9-11-7-3-1-4-8-11/h1-8,10H,9,12H2. The number of benzene rings is 1. The normalized spacial score (nSPS) is 11.3. The number of allylic oxidation sites excluding steroid dienone is 3. The first-order valence-corrected chi connectivity index (χ1v) is 4.01. The Kier molecular flexibility index (Phi) is 3.72. The van der Waals surface area contributed by atoms with E-state index in [2.05, 4.69) is 18.2 Å². The summed E-state index contributed by atoms with van der Waals surface area (Å²) in [5.41, 5.74) is 6.49. The average molecular weight is 159 g/mol. The highest BCUT2D eigenvalue weighted by Crippen LogP contribution is 1.99. The lowest BCUT2D eigenvalue weighted by atomic mass is 10.1. The Morgan fingerprint density at radius 3 is 2.50 bits per heavy atom. The molecule has 0 saturated carbocycles. The van der Waals surface area contributed by atoms with Gasteiger partial charge >= 0.3 is 0 Å². The summed E-state index contributed by atoms with van der Waals surface area (Å²) in [6.07, 6.45) is 8.35. The van der Waals surface area contributed by atoms with E-state index in [1.54, 1.807) is 0 Å². The van der Waals surface area contributed by atoms with Crippen LogP contribution in [0.5, 0.6) is 0 Å². The second-order valence-corrected chi connectivity index (χ2v) is 2.50. The molecule has 0 fully saturated rings. The molecule has 0 aliphatic heterocycles. The van der Waals surface area contributed by atoms with Gasteiger partial charge in [-0.15, -0.1) is 0 Å². The van der Waals surface area contributed by atoms with Gasteiger partial charge in [0.2, 0.25) is 0 Å². The summed E-state index contributed by atoms with van der Waals surface area (Å²) < 4.78 is 0. The maximum Gasteiger partial charge on any atom is -0.00625 e. The third-order valence-corrected chi connectivity index (χ3v) is 1.55. The first-order chi connectivity index (χ1) is 5.93. The fraction of sp³-hybridized carbons (Fsp3) is 0.0909. The van der Waals surface area contributed by atoms with Crippen molar-refractivity contribution in [2.45, 2.75) is 6.42 Å². The Bertz CT molecular complexity index is 260. The molecule has 12 heavy (non-hydrogen) atoms. The Morgan fingerprint density at radius 2 is 1.83 bits per heavy atom. The van der Waals surface area contributed by atoms with Gasteiger partial charge in [0.25, 0.3) is 0 Å². The topological polar surface area (TPSA) is 26.0 Å². The number of rotatable bonds is 3.